The summed E-state index contributed by atoms with van der Waals surface area (Å²) in [6, 6.07) is 13.4. The second kappa shape index (κ2) is 6.66. The molecule has 2 aromatic rings. The normalized spacial score (nSPS) is 22.9. The highest BCUT2D eigenvalue weighted by Crippen LogP contribution is 2.47. The molecule has 2 heterocycles. The van der Waals surface area contributed by atoms with Crippen LogP contribution in [0.15, 0.2) is 42.5 Å². The topological polar surface area (TPSA) is 83.5 Å². The molecule has 1 aromatic carbocycles. The summed E-state index contributed by atoms with van der Waals surface area (Å²) in [6.07, 6.45) is 1.51. The van der Waals surface area contributed by atoms with Crippen molar-refractivity contribution in [2.24, 2.45) is 0 Å². The summed E-state index contributed by atoms with van der Waals surface area (Å²) in [5.41, 5.74) is 2.60. The van der Waals surface area contributed by atoms with Crippen LogP contribution in [-0.4, -0.2) is 25.3 Å². The average Bonchev–Trinajstić information content (AvgIpc) is 3.08. The molecule has 0 unspecified atom stereocenters. The van der Waals surface area contributed by atoms with Crippen LogP contribution in [-0.2, 0) is 19.4 Å². The number of hydrogen-bond donors (Lipinski definition) is 2. The highest BCUT2D eigenvalue weighted by atomic mass is 32.2. The number of carbonyl (C=O) groups is 1. The van der Waals surface area contributed by atoms with Crippen molar-refractivity contribution in [3.8, 4) is 10.4 Å². The third-order valence-corrected chi connectivity index (χ3v) is 8.58. The summed E-state index contributed by atoms with van der Waals surface area (Å²) in [6.45, 7) is 0. The average molecular weight is 365 g/mol. The minimum absolute atomic E-state index is 0.0737. The van der Waals surface area contributed by atoms with Crippen molar-refractivity contribution >= 4 is 27.1 Å². The molecule has 1 aliphatic heterocycles. The molecule has 2 N–H and O–H groups in total. The van der Waals surface area contributed by atoms with E-state index in [1.807, 2.05) is 36.4 Å². The molecule has 1 fully saturated rings. The number of amides is 1. The van der Waals surface area contributed by atoms with Crippen LogP contribution in [0.5, 0.6) is 0 Å². The standard InChI is InChI=1S/C17H19NO4S2/c19-16(18-20)12-17(10-4-5-11-24(17,21)22)15-9-8-14(23-15)13-6-2-1-3-7-13/h1-3,6-9,20H,4-5,10-12H2,(H,18,19)/t17-/m0/s1. The maximum atomic E-state index is 12.8. The van der Waals surface area contributed by atoms with Gasteiger partial charge in [-0.15, -0.1) is 11.3 Å². The van der Waals surface area contributed by atoms with E-state index in [1.165, 1.54) is 11.3 Å². The molecule has 24 heavy (non-hydrogen) atoms. The Morgan fingerprint density at radius 1 is 1.17 bits per heavy atom. The maximum Gasteiger partial charge on any atom is 0.245 e. The lowest BCUT2D eigenvalue weighted by Crippen LogP contribution is -2.43. The Kier molecular flexibility index (Phi) is 4.76. The Morgan fingerprint density at radius 3 is 2.58 bits per heavy atom. The minimum Gasteiger partial charge on any atom is -0.289 e. The van der Waals surface area contributed by atoms with Crippen molar-refractivity contribution in [2.75, 3.05) is 5.75 Å². The molecule has 1 atom stereocenters. The van der Waals surface area contributed by atoms with Gasteiger partial charge in [0.15, 0.2) is 9.84 Å². The first-order chi connectivity index (χ1) is 11.5. The fourth-order valence-corrected chi connectivity index (χ4v) is 7.04. The lowest BCUT2D eigenvalue weighted by molar-refractivity contribution is -0.130. The molecule has 5 nitrogen and oxygen atoms in total. The Morgan fingerprint density at radius 2 is 1.92 bits per heavy atom. The second-order valence-electron chi connectivity index (χ2n) is 6.01. The van der Waals surface area contributed by atoms with E-state index in [2.05, 4.69) is 0 Å². The highest BCUT2D eigenvalue weighted by molar-refractivity contribution is 7.92. The molecule has 1 saturated heterocycles. The summed E-state index contributed by atoms with van der Waals surface area (Å²) < 4.78 is 24.5. The van der Waals surface area contributed by atoms with Gasteiger partial charge < -0.3 is 0 Å². The van der Waals surface area contributed by atoms with Gasteiger partial charge in [0.05, 0.1) is 12.2 Å². The molecule has 128 valence electrons. The maximum absolute atomic E-state index is 12.8. The number of rotatable bonds is 4. The highest BCUT2D eigenvalue weighted by Gasteiger charge is 2.49. The van der Waals surface area contributed by atoms with Crippen molar-refractivity contribution in [3.63, 3.8) is 0 Å². The number of thiophene rings is 1. The number of carbonyl (C=O) groups excluding carboxylic acids is 1. The van der Waals surface area contributed by atoms with Crippen molar-refractivity contribution in [2.45, 2.75) is 30.4 Å². The zero-order valence-corrected chi connectivity index (χ0v) is 14.7. The van der Waals surface area contributed by atoms with Gasteiger partial charge >= 0.3 is 0 Å². The number of hydrogen-bond acceptors (Lipinski definition) is 5. The van der Waals surface area contributed by atoms with Gasteiger partial charge in [0.1, 0.15) is 4.75 Å². The van der Waals surface area contributed by atoms with Crippen LogP contribution in [0.1, 0.15) is 30.6 Å². The quantitative estimate of drug-likeness (QED) is 0.644. The van der Waals surface area contributed by atoms with E-state index < -0.39 is 20.5 Å². The number of benzene rings is 1. The van der Waals surface area contributed by atoms with Crippen LogP contribution in [0.3, 0.4) is 0 Å². The van der Waals surface area contributed by atoms with E-state index in [-0.39, 0.29) is 12.2 Å². The number of hydroxylamine groups is 1. The molecule has 3 rings (SSSR count). The lowest BCUT2D eigenvalue weighted by Gasteiger charge is -2.35. The minimum atomic E-state index is -3.47. The number of nitrogens with one attached hydrogen (secondary N) is 1. The third-order valence-electron chi connectivity index (χ3n) is 4.52. The van der Waals surface area contributed by atoms with E-state index in [0.29, 0.717) is 17.7 Å². The third kappa shape index (κ3) is 2.99. The zero-order chi connectivity index (χ0) is 17.2. The SMILES string of the molecule is O=C(C[C@]1(c2ccc(-c3ccccc3)s2)CCCCS1(=O)=O)NO. The Hall–Kier alpha value is -1.70. The van der Waals surface area contributed by atoms with Gasteiger partial charge in [-0.05, 0) is 30.5 Å². The smallest absolute Gasteiger partial charge is 0.245 e. The fraction of sp³-hybridized carbons (Fsp3) is 0.353. The van der Waals surface area contributed by atoms with Gasteiger partial charge in [-0.1, -0.05) is 36.8 Å². The largest absolute Gasteiger partial charge is 0.289 e. The van der Waals surface area contributed by atoms with E-state index in [1.54, 1.807) is 11.5 Å². The van der Waals surface area contributed by atoms with E-state index in [9.17, 15) is 13.2 Å². The summed E-state index contributed by atoms with van der Waals surface area (Å²) >= 11 is 1.41. The molecule has 1 aromatic heterocycles. The van der Waals surface area contributed by atoms with E-state index in [0.717, 1.165) is 16.9 Å². The number of sulfone groups is 1. The molecule has 0 aliphatic carbocycles. The van der Waals surface area contributed by atoms with Gasteiger partial charge in [-0.2, -0.15) is 0 Å². The van der Waals surface area contributed by atoms with Crippen LogP contribution >= 0.6 is 11.3 Å². The Bertz CT molecular complexity index is 829. The van der Waals surface area contributed by atoms with Gasteiger partial charge in [0.25, 0.3) is 0 Å². The first-order valence-electron chi connectivity index (χ1n) is 7.79. The van der Waals surface area contributed by atoms with Crippen molar-refractivity contribution in [3.05, 3.63) is 47.3 Å². The van der Waals surface area contributed by atoms with E-state index in [4.69, 9.17) is 5.21 Å². The van der Waals surface area contributed by atoms with Crippen molar-refractivity contribution in [1.82, 2.24) is 5.48 Å². The fourth-order valence-electron chi connectivity index (χ4n) is 3.25. The molecule has 0 saturated carbocycles. The van der Waals surface area contributed by atoms with Crippen LogP contribution in [0.25, 0.3) is 10.4 Å². The molecular weight excluding hydrogens is 346 g/mol. The van der Waals surface area contributed by atoms with Gasteiger partial charge in [-0.3, -0.25) is 10.0 Å². The van der Waals surface area contributed by atoms with Gasteiger partial charge in [-0.25, -0.2) is 13.9 Å². The molecule has 7 heteroatoms. The summed E-state index contributed by atoms with van der Waals surface area (Å²) in [5.74, 6) is -0.597. The Labute approximate surface area is 145 Å². The lowest BCUT2D eigenvalue weighted by atomic mass is 9.94. The zero-order valence-electron chi connectivity index (χ0n) is 13.1. The van der Waals surface area contributed by atoms with Crippen LogP contribution in [0.4, 0.5) is 0 Å². The Balaban J connectivity index is 2.07. The van der Waals surface area contributed by atoms with Gasteiger partial charge in [0, 0.05) is 9.75 Å². The summed E-state index contributed by atoms with van der Waals surface area (Å²) in [7, 11) is -3.47. The predicted octanol–water partition coefficient (Wildman–Crippen LogP) is 3.10. The van der Waals surface area contributed by atoms with Crippen LogP contribution in [0, 0.1) is 0 Å². The van der Waals surface area contributed by atoms with E-state index >= 15 is 0 Å². The van der Waals surface area contributed by atoms with Crippen LogP contribution in [0.2, 0.25) is 0 Å². The first kappa shape index (κ1) is 17.1. The second-order valence-corrected chi connectivity index (χ2v) is 9.51. The molecule has 1 amide bonds. The van der Waals surface area contributed by atoms with Crippen molar-refractivity contribution in [1.29, 1.82) is 0 Å². The molecule has 0 spiro atoms. The summed E-state index contributed by atoms with van der Waals surface area (Å²) in [5, 5.41) is 8.89. The van der Waals surface area contributed by atoms with Crippen molar-refractivity contribution < 1.29 is 18.4 Å². The molecule has 0 radical (unpaired) electrons. The van der Waals surface area contributed by atoms with Gasteiger partial charge in [0.2, 0.25) is 5.91 Å². The van der Waals surface area contributed by atoms with Crippen LogP contribution < -0.4 is 5.48 Å². The first-order valence-corrected chi connectivity index (χ1v) is 10.3. The summed E-state index contributed by atoms with van der Waals surface area (Å²) in [4.78, 5) is 13.4. The molecular formula is C17H19NO4S2. The molecule has 0 bridgehead atoms. The predicted molar refractivity (Wildman–Crippen MR) is 93.6 cm³/mol. The molecule has 1 aliphatic rings. The monoisotopic (exact) mass is 365 g/mol.